The number of aliphatic carboxylic acids is 1. The molecule has 0 aromatic carbocycles. The molecule has 1 fully saturated rings. The fraction of sp³-hybridized carbons (Fsp3) is 0.636. The van der Waals surface area contributed by atoms with Crippen LogP contribution in [0.15, 0.2) is 12.7 Å². The molecule has 1 unspecified atom stereocenters. The monoisotopic (exact) mass is 242 g/mol. The quantitative estimate of drug-likeness (QED) is 0.724. The maximum absolute atomic E-state index is 11.9. The van der Waals surface area contributed by atoms with Gasteiger partial charge < -0.3 is 19.6 Å². The number of nitrogens with zero attached hydrogens (tertiary/aromatic N) is 2. The van der Waals surface area contributed by atoms with Crippen molar-refractivity contribution in [3.05, 3.63) is 12.7 Å². The van der Waals surface area contributed by atoms with Crippen molar-refractivity contribution in [3.8, 4) is 0 Å². The van der Waals surface area contributed by atoms with E-state index in [0.717, 1.165) is 0 Å². The highest BCUT2D eigenvalue weighted by Gasteiger charge is 2.27. The summed E-state index contributed by atoms with van der Waals surface area (Å²) in [5.74, 6) is -0.913. The Morgan fingerprint density at radius 3 is 2.94 bits per heavy atom. The highest BCUT2D eigenvalue weighted by Crippen LogP contribution is 2.10. The van der Waals surface area contributed by atoms with E-state index in [2.05, 4.69) is 6.58 Å². The van der Waals surface area contributed by atoms with E-state index in [1.54, 1.807) is 18.0 Å². The predicted octanol–water partition coefficient (Wildman–Crippen LogP) is 0.400. The van der Waals surface area contributed by atoms with Gasteiger partial charge in [-0.3, -0.25) is 4.79 Å². The third kappa shape index (κ3) is 4.07. The van der Waals surface area contributed by atoms with Gasteiger partial charge in [-0.2, -0.15) is 0 Å². The lowest BCUT2D eigenvalue weighted by atomic mass is 10.2. The summed E-state index contributed by atoms with van der Waals surface area (Å²) in [6.07, 6.45) is 1.16. The van der Waals surface area contributed by atoms with Crippen LogP contribution in [-0.2, 0) is 9.53 Å². The van der Waals surface area contributed by atoms with Crippen LogP contribution in [0.25, 0.3) is 0 Å². The van der Waals surface area contributed by atoms with Gasteiger partial charge in [-0.05, 0) is 0 Å². The van der Waals surface area contributed by atoms with E-state index in [0.29, 0.717) is 26.2 Å². The van der Waals surface area contributed by atoms with E-state index in [9.17, 15) is 9.59 Å². The largest absolute Gasteiger partial charge is 0.481 e. The van der Waals surface area contributed by atoms with Gasteiger partial charge in [0.2, 0.25) is 0 Å². The van der Waals surface area contributed by atoms with E-state index in [1.165, 1.54) is 4.90 Å². The molecule has 0 spiro atoms. The Kier molecular flexibility index (Phi) is 4.96. The number of carbonyl (C=O) groups excluding carboxylic acids is 1. The van der Waals surface area contributed by atoms with Gasteiger partial charge in [-0.25, -0.2) is 4.79 Å². The molecule has 17 heavy (non-hydrogen) atoms. The van der Waals surface area contributed by atoms with Gasteiger partial charge in [0.25, 0.3) is 0 Å². The second kappa shape index (κ2) is 6.24. The van der Waals surface area contributed by atoms with Crippen LogP contribution >= 0.6 is 0 Å². The summed E-state index contributed by atoms with van der Waals surface area (Å²) in [5, 5.41) is 8.68. The Labute approximate surface area is 100 Å². The summed E-state index contributed by atoms with van der Waals surface area (Å²) in [4.78, 5) is 25.6. The highest BCUT2D eigenvalue weighted by molar-refractivity contribution is 5.74. The van der Waals surface area contributed by atoms with Crippen LogP contribution in [0, 0.1) is 0 Å². The number of urea groups is 1. The van der Waals surface area contributed by atoms with Crippen molar-refractivity contribution in [2.75, 3.05) is 33.3 Å². The summed E-state index contributed by atoms with van der Waals surface area (Å²) in [6, 6.07) is -0.122. The number of carboxylic acids is 1. The summed E-state index contributed by atoms with van der Waals surface area (Å²) in [6.45, 7) is 5.24. The van der Waals surface area contributed by atoms with Crippen molar-refractivity contribution in [1.82, 2.24) is 9.80 Å². The van der Waals surface area contributed by atoms with Crippen LogP contribution in [-0.4, -0.2) is 66.3 Å². The number of rotatable bonds is 4. The molecule has 1 atom stereocenters. The first-order valence-corrected chi connectivity index (χ1v) is 5.49. The van der Waals surface area contributed by atoms with Gasteiger partial charge >= 0.3 is 12.0 Å². The van der Waals surface area contributed by atoms with Crippen molar-refractivity contribution in [2.24, 2.45) is 0 Å². The van der Waals surface area contributed by atoms with Crippen LogP contribution < -0.4 is 0 Å². The molecule has 1 aliphatic rings. The average Bonchev–Trinajstić information content (AvgIpc) is 2.28. The number of hydrogen-bond donors (Lipinski definition) is 1. The molecule has 6 heteroatoms. The molecule has 0 radical (unpaired) electrons. The molecule has 0 aromatic heterocycles. The fourth-order valence-corrected chi connectivity index (χ4v) is 1.72. The van der Waals surface area contributed by atoms with Crippen molar-refractivity contribution < 1.29 is 19.4 Å². The lowest BCUT2D eigenvalue weighted by Crippen LogP contribution is -2.50. The highest BCUT2D eigenvalue weighted by atomic mass is 16.5. The average molecular weight is 242 g/mol. The zero-order chi connectivity index (χ0) is 12.8. The third-order valence-electron chi connectivity index (χ3n) is 2.54. The lowest BCUT2D eigenvalue weighted by molar-refractivity contribution is -0.141. The van der Waals surface area contributed by atoms with Crippen molar-refractivity contribution in [1.29, 1.82) is 0 Å². The van der Waals surface area contributed by atoms with Crippen LogP contribution in [0.4, 0.5) is 4.79 Å². The third-order valence-corrected chi connectivity index (χ3v) is 2.54. The molecule has 1 aliphatic heterocycles. The van der Waals surface area contributed by atoms with Gasteiger partial charge in [0.1, 0.15) is 0 Å². The van der Waals surface area contributed by atoms with E-state index in [4.69, 9.17) is 9.84 Å². The molecule has 1 heterocycles. The van der Waals surface area contributed by atoms with Crippen LogP contribution in [0.5, 0.6) is 0 Å². The first-order chi connectivity index (χ1) is 8.04. The summed E-state index contributed by atoms with van der Waals surface area (Å²) in [5.41, 5.74) is 0. The molecular weight excluding hydrogens is 224 g/mol. The Hall–Kier alpha value is -1.56. The Balaban J connectivity index is 2.50. The van der Waals surface area contributed by atoms with Crippen molar-refractivity contribution >= 4 is 12.0 Å². The van der Waals surface area contributed by atoms with Gasteiger partial charge in [0.15, 0.2) is 0 Å². The second-order valence-corrected chi connectivity index (χ2v) is 3.99. The van der Waals surface area contributed by atoms with Crippen LogP contribution in [0.3, 0.4) is 0 Å². The molecule has 1 N–H and O–H groups in total. The number of amides is 2. The molecule has 6 nitrogen and oxygen atoms in total. The summed E-state index contributed by atoms with van der Waals surface area (Å²) >= 11 is 0. The first kappa shape index (κ1) is 13.5. The molecule has 1 rings (SSSR count). The molecule has 96 valence electrons. The number of ether oxygens (including phenoxy) is 1. The van der Waals surface area contributed by atoms with Gasteiger partial charge in [-0.15, -0.1) is 6.58 Å². The Morgan fingerprint density at radius 2 is 2.35 bits per heavy atom. The number of likely N-dealkylation sites (N-methyl/N-ethyl adjacent to an activating group) is 1. The topological polar surface area (TPSA) is 70.1 Å². The van der Waals surface area contributed by atoms with E-state index in [1.807, 2.05) is 0 Å². The first-order valence-electron chi connectivity index (χ1n) is 5.49. The zero-order valence-corrected chi connectivity index (χ0v) is 9.96. The van der Waals surface area contributed by atoms with Crippen molar-refractivity contribution in [3.63, 3.8) is 0 Å². The Bertz CT molecular complexity index is 306. The molecule has 0 saturated carbocycles. The second-order valence-electron chi connectivity index (χ2n) is 3.99. The molecular formula is C11H18N2O4. The number of hydrogen-bond acceptors (Lipinski definition) is 3. The molecule has 1 saturated heterocycles. The Morgan fingerprint density at radius 1 is 1.65 bits per heavy atom. The zero-order valence-electron chi connectivity index (χ0n) is 9.96. The van der Waals surface area contributed by atoms with Gasteiger partial charge in [0, 0.05) is 26.7 Å². The predicted molar refractivity (Wildman–Crippen MR) is 61.8 cm³/mol. The van der Waals surface area contributed by atoms with E-state index >= 15 is 0 Å². The van der Waals surface area contributed by atoms with E-state index in [-0.39, 0.29) is 12.5 Å². The minimum absolute atomic E-state index is 0.0745. The van der Waals surface area contributed by atoms with Gasteiger partial charge in [-0.1, -0.05) is 6.08 Å². The summed E-state index contributed by atoms with van der Waals surface area (Å²) < 4.78 is 5.30. The molecule has 0 aliphatic carbocycles. The number of carbonyl (C=O) groups is 2. The van der Waals surface area contributed by atoms with Crippen LogP contribution in [0.1, 0.15) is 6.42 Å². The molecule has 2 amide bonds. The minimum Gasteiger partial charge on any atom is -0.481 e. The van der Waals surface area contributed by atoms with Gasteiger partial charge in [0.05, 0.1) is 19.1 Å². The van der Waals surface area contributed by atoms with Crippen LogP contribution in [0.2, 0.25) is 0 Å². The fourth-order valence-electron chi connectivity index (χ4n) is 1.72. The van der Waals surface area contributed by atoms with Crippen molar-refractivity contribution in [2.45, 2.75) is 12.5 Å². The standard InChI is InChI=1S/C11H18N2O4/c1-3-4-12(2)11(16)13-5-6-17-9(8-13)7-10(14)15/h3,9H,1,4-8H2,2H3,(H,14,15). The smallest absolute Gasteiger partial charge is 0.320 e. The molecule has 0 bridgehead atoms. The molecule has 0 aromatic rings. The number of carboxylic acid groups (broad SMARTS) is 1. The summed E-state index contributed by atoms with van der Waals surface area (Å²) in [7, 11) is 1.69. The lowest BCUT2D eigenvalue weighted by Gasteiger charge is -2.34. The maximum atomic E-state index is 11.9. The van der Waals surface area contributed by atoms with E-state index < -0.39 is 12.1 Å². The number of morpholine rings is 1. The maximum Gasteiger partial charge on any atom is 0.320 e. The normalized spacial score (nSPS) is 19.8. The SMILES string of the molecule is C=CCN(C)C(=O)N1CCOC(CC(=O)O)C1. The minimum atomic E-state index is -0.913.